The summed E-state index contributed by atoms with van der Waals surface area (Å²) in [4.78, 5) is 12.7. The van der Waals surface area contributed by atoms with Gasteiger partial charge in [0.15, 0.2) is 0 Å². The zero-order chi connectivity index (χ0) is 20.0. The molecule has 146 valence electrons. The summed E-state index contributed by atoms with van der Waals surface area (Å²) in [6.07, 6.45) is 4.39. The molecule has 1 amide bonds. The Labute approximate surface area is 162 Å². The molecule has 2 rings (SSSR count). The summed E-state index contributed by atoms with van der Waals surface area (Å²) in [5.41, 5.74) is 3.29. The second-order valence-electron chi connectivity index (χ2n) is 6.86. The fourth-order valence-electron chi connectivity index (χ4n) is 2.96. The van der Waals surface area contributed by atoms with Crippen molar-refractivity contribution in [3.05, 3.63) is 59.7 Å². The molecule has 1 atom stereocenters. The molecule has 0 aliphatic heterocycles. The topological polar surface area (TPSA) is 66.5 Å². The first kappa shape index (κ1) is 21.0. The third-order valence-corrected chi connectivity index (χ3v) is 5.63. The second-order valence-corrected chi connectivity index (χ2v) is 8.72. The first-order valence-electron chi connectivity index (χ1n) is 9.18. The van der Waals surface area contributed by atoms with Crippen LogP contribution in [0.2, 0.25) is 0 Å². The molecule has 0 aliphatic carbocycles. The van der Waals surface area contributed by atoms with E-state index in [1.54, 1.807) is 25.1 Å². The smallest absolute Gasteiger partial charge is 0.247 e. The number of amides is 1. The lowest BCUT2D eigenvalue weighted by Crippen LogP contribution is -2.45. The maximum Gasteiger partial charge on any atom is 0.247 e. The van der Waals surface area contributed by atoms with Gasteiger partial charge in [0.1, 0.15) is 6.04 Å². The molecule has 1 N–H and O–H groups in total. The number of hydrogen-bond donors (Lipinski definition) is 1. The number of nitrogens with one attached hydrogen (secondary N) is 1. The summed E-state index contributed by atoms with van der Waals surface area (Å²) in [6.45, 7) is 5.63. The molecule has 0 spiro atoms. The highest BCUT2D eigenvalue weighted by atomic mass is 32.2. The van der Waals surface area contributed by atoms with Gasteiger partial charge in [-0.05, 0) is 62.1 Å². The van der Waals surface area contributed by atoms with Crippen molar-refractivity contribution in [1.29, 1.82) is 0 Å². The van der Waals surface area contributed by atoms with Crippen LogP contribution in [-0.4, -0.2) is 26.6 Å². The normalized spacial score (nSPS) is 12.4. The van der Waals surface area contributed by atoms with Gasteiger partial charge in [-0.1, -0.05) is 37.6 Å². The minimum Gasteiger partial charge on any atom is -0.324 e. The Morgan fingerprint density at radius 1 is 1.15 bits per heavy atom. The Bertz CT molecular complexity index is 877. The van der Waals surface area contributed by atoms with E-state index in [2.05, 4.69) is 12.2 Å². The van der Waals surface area contributed by atoms with Crippen LogP contribution < -0.4 is 9.62 Å². The van der Waals surface area contributed by atoms with Crippen LogP contribution >= 0.6 is 0 Å². The van der Waals surface area contributed by atoms with E-state index in [1.807, 2.05) is 37.3 Å². The molecule has 0 aliphatic rings. The van der Waals surface area contributed by atoms with Gasteiger partial charge in [-0.2, -0.15) is 0 Å². The molecule has 0 saturated heterocycles. The van der Waals surface area contributed by atoms with Crippen molar-refractivity contribution >= 4 is 27.3 Å². The van der Waals surface area contributed by atoms with Crippen LogP contribution in [0.15, 0.2) is 48.5 Å². The molecule has 6 heteroatoms. The Kier molecular flexibility index (Phi) is 7.02. The van der Waals surface area contributed by atoms with Crippen LogP contribution in [0, 0.1) is 6.92 Å². The second kappa shape index (κ2) is 9.04. The lowest BCUT2D eigenvalue weighted by atomic mass is 10.1. The molecule has 2 aromatic rings. The van der Waals surface area contributed by atoms with E-state index in [1.165, 1.54) is 5.56 Å². The summed E-state index contributed by atoms with van der Waals surface area (Å²) in [5.74, 6) is -0.372. The van der Waals surface area contributed by atoms with E-state index >= 15 is 0 Å². The van der Waals surface area contributed by atoms with Crippen molar-refractivity contribution in [2.24, 2.45) is 0 Å². The van der Waals surface area contributed by atoms with Gasteiger partial charge >= 0.3 is 0 Å². The van der Waals surface area contributed by atoms with E-state index in [-0.39, 0.29) is 5.91 Å². The molecule has 0 unspecified atom stereocenters. The van der Waals surface area contributed by atoms with E-state index in [9.17, 15) is 13.2 Å². The molecule has 0 saturated carbocycles. The van der Waals surface area contributed by atoms with Crippen LogP contribution in [0.5, 0.6) is 0 Å². The summed E-state index contributed by atoms with van der Waals surface area (Å²) >= 11 is 0. The van der Waals surface area contributed by atoms with E-state index < -0.39 is 16.1 Å². The summed E-state index contributed by atoms with van der Waals surface area (Å²) < 4.78 is 25.8. The lowest BCUT2D eigenvalue weighted by molar-refractivity contribution is -0.116. The van der Waals surface area contributed by atoms with Gasteiger partial charge in [-0.15, -0.1) is 0 Å². The molecule has 0 fully saturated rings. The fraction of sp³-hybridized carbons (Fsp3) is 0.381. The number of carbonyl (C=O) groups excluding carboxylic acids is 1. The number of sulfonamides is 1. The van der Waals surface area contributed by atoms with Crippen LogP contribution in [0.25, 0.3) is 0 Å². The SMILES string of the molecule is CCCCc1ccc(NC(=O)[C@@H](C)N(c2cccc(C)c2)S(C)(=O)=O)cc1. The van der Waals surface area contributed by atoms with Gasteiger partial charge in [-0.3, -0.25) is 9.10 Å². The maximum absolute atomic E-state index is 12.7. The van der Waals surface area contributed by atoms with Crippen LogP contribution in [0.1, 0.15) is 37.8 Å². The van der Waals surface area contributed by atoms with Gasteiger partial charge < -0.3 is 5.32 Å². The number of carbonyl (C=O) groups is 1. The Morgan fingerprint density at radius 3 is 2.37 bits per heavy atom. The number of hydrogen-bond acceptors (Lipinski definition) is 3. The van der Waals surface area contributed by atoms with E-state index in [4.69, 9.17) is 0 Å². The largest absolute Gasteiger partial charge is 0.324 e. The summed E-state index contributed by atoms with van der Waals surface area (Å²) in [5, 5.41) is 2.82. The van der Waals surface area contributed by atoms with Gasteiger partial charge in [0.05, 0.1) is 11.9 Å². The molecule has 2 aromatic carbocycles. The molecule has 0 aromatic heterocycles. The predicted molar refractivity (Wildman–Crippen MR) is 112 cm³/mol. The number of anilines is 2. The zero-order valence-corrected chi connectivity index (χ0v) is 17.2. The molecule has 0 radical (unpaired) electrons. The molecule has 0 bridgehead atoms. The highest BCUT2D eigenvalue weighted by Crippen LogP contribution is 2.23. The third kappa shape index (κ3) is 5.82. The zero-order valence-electron chi connectivity index (χ0n) is 16.4. The molecule has 27 heavy (non-hydrogen) atoms. The Hall–Kier alpha value is -2.34. The summed E-state index contributed by atoms with van der Waals surface area (Å²) in [7, 11) is -3.62. The van der Waals surface area contributed by atoms with E-state index in [0.29, 0.717) is 11.4 Å². The first-order valence-corrected chi connectivity index (χ1v) is 11.0. The number of rotatable bonds is 8. The van der Waals surface area contributed by atoms with Crippen LogP contribution in [0.4, 0.5) is 11.4 Å². The number of nitrogens with zero attached hydrogens (tertiary/aromatic N) is 1. The lowest BCUT2D eigenvalue weighted by Gasteiger charge is -2.28. The standard InChI is InChI=1S/C21H28N2O3S/c1-5-6-9-18-11-13-19(14-12-18)22-21(24)17(3)23(27(4,25)26)20-10-7-8-16(2)15-20/h7-8,10-15,17H,5-6,9H2,1-4H3,(H,22,24)/t17-/m1/s1. The average molecular weight is 389 g/mol. The number of benzene rings is 2. The monoisotopic (exact) mass is 388 g/mol. The molecule has 0 heterocycles. The minimum atomic E-state index is -3.62. The summed E-state index contributed by atoms with van der Waals surface area (Å²) in [6, 6.07) is 13.9. The molecule has 5 nitrogen and oxygen atoms in total. The van der Waals surface area contributed by atoms with Gasteiger partial charge in [0, 0.05) is 5.69 Å². The van der Waals surface area contributed by atoms with Crippen molar-refractivity contribution in [1.82, 2.24) is 0 Å². The fourth-order valence-corrected chi connectivity index (χ4v) is 4.12. The third-order valence-electron chi connectivity index (χ3n) is 4.39. The first-order chi connectivity index (χ1) is 12.7. The van der Waals surface area contributed by atoms with Crippen molar-refractivity contribution in [3.8, 4) is 0 Å². The van der Waals surface area contributed by atoms with Crippen molar-refractivity contribution in [2.75, 3.05) is 15.9 Å². The van der Waals surface area contributed by atoms with Crippen LogP contribution in [0.3, 0.4) is 0 Å². The van der Waals surface area contributed by atoms with Gasteiger partial charge in [0.25, 0.3) is 0 Å². The molecular formula is C21H28N2O3S. The molecular weight excluding hydrogens is 360 g/mol. The highest BCUT2D eigenvalue weighted by molar-refractivity contribution is 7.92. The number of aryl methyl sites for hydroxylation is 2. The Balaban J connectivity index is 2.17. The minimum absolute atomic E-state index is 0.372. The van der Waals surface area contributed by atoms with Crippen molar-refractivity contribution in [2.45, 2.75) is 46.1 Å². The van der Waals surface area contributed by atoms with Crippen molar-refractivity contribution in [3.63, 3.8) is 0 Å². The Morgan fingerprint density at radius 2 is 1.81 bits per heavy atom. The van der Waals surface area contributed by atoms with Crippen LogP contribution in [-0.2, 0) is 21.2 Å². The number of unbranched alkanes of at least 4 members (excludes halogenated alkanes) is 1. The maximum atomic E-state index is 12.7. The highest BCUT2D eigenvalue weighted by Gasteiger charge is 2.29. The van der Waals surface area contributed by atoms with Gasteiger partial charge in [0.2, 0.25) is 15.9 Å². The van der Waals surface area contributed by atoms with Gasteiger partial charge in [-0.25, -0.2) is 8.42 Å². The van der Waals surface area contributed by atoms with Crippen molar-refractivity contribution < 1.29 is 13.2 Å². The van der Waals surface area contributed by atoms with E-state index in [0.717, 1.165) is 35.4 Å². The average Bonchev–Trinajstić information content (AvgIpc) is 2.60. The predicted octanol–water partition coefficient (Wildman–Crippen LogP) is 4.13. The quantitative estimate of drug-likeness (QED) is 0.739.